The number of rotatable bonds is 13. The van der Waals surface area contributed by atoms with E-state index in [1.54, 1.807) is 35.8 Å². The van der Waals surface area contributed by atoms with Gasteiger partial charge in [-0.1, -0.05) is 113 Å². The summed E-state index contributed by atoms with van der Waals surface area (Å²) in [7, 11) is 4.30. The second-order valence-electron chi connectivity index (χ2n) is 25.7. The highest BCUT2D eigenvalue weighted by Crippen LogP contribution is 2.60. The number of hydrogen-bond donors (Lipinski definition) is 0. The molecule has 14 heteroatoms. The predicted octanol–water partition coefficient (Wildman–Crippen LogP) is 18.3. The summed E-state index contributed by atoms with van der Waals surface area (Å²) in [5.41, 5.74) is 9.35. The van der Waals surface area contributed by atoms with E-state index in [1.807, 2.05) is 135 Å². The number of anilines is 6. The van der Waals surface area contributed by atoms with Crippen LogP contribution in [0.2, 0.25) is 0 Å². The van der Waals surface area contributed by atoms with E-state index in [-0.39, 0.29) is 13.2 Å². The largest absolute Gasteiger partial charge is 0.456 e. The Bertz CT molecular complexity index is 3980. The minimum Gasteiger partial charge on any atom is -0.456 e. The Balaban J connectivity index is 0.798. The van der Waals surface area contributed by atoms with E-state index < -0.39 is 40.7 Å². The number of ether oxygens (including phenoxy) is 6. The minimum atomic E-state index is -1.38. The van der Waals surface area contributed by atoms with E-state index in [4.69, 9.17) is 28.4 Å². The lowest BCUT2D eigenvalue weighted by molar-refractivity contribution is 0.0214. The highest BCUT2D eigenvalue weighted by Gasteiger charge is 2.56. The third-order valence-electron chi connectivity index (χ3n) is 20.7. The fourth-order valence-electron chi connectivity index (χ4n) is 15.5. The molecule has 4 aliphatic heterocycles. The van der Waals surface area contributed by atoms with Crippen LogP contribution in [0.1, 0.15) is 175 Å². The van der Waals surface area contributed by atoms with Crippen LogP contribution in [0.15, 0.2) is 158 Å². The number of nitrogens with zero attached hydrogens (tertiary/aromatic N) is 4. The Hall–Kier alpha value is -9.56. The van der Waals surface area contributed by atoms with Crippen LogP contribution >= 0.6 is 0 Å². The van der Waals surface area contributed by atoms with Gasteiger partial charge in [0.15, 0.2) is 11.2 Å². The van der Waals surface area contributed by atoms with Crippen molar-refractivity contribution in [3.63, 3.8) is 0 Å². The fraction of sp³-hybridized carbons (Fsp3) is 0.333. The van der Waals surface area contributed by atoms with Gasteiger partial charge in [-0.25, -0.2) is 29.0 Å². The monoisotopic (exact) mass is 1230 g/mol. The molecule has 2 amide bonds. The summed E-state index contributed by atoms with van der Waals surface area (Å²) in [6.07, 6.45) is 11.4. The fourth-order valence-corrected chi connectivity index (χ4v) is 15.5. The first-order valence-electron chi connectivity index (χ1n) is 32.8. The van der Waals surface area contributed by atoms with E-state index in [0.717, 1.165) is 59.3 Å². The molecule has 2 saturated carbocycles. The first-order chi connectivity index (χ1) is 44.6. The van der Waals surface area contributed by atoms with E-state index in [2.05, 4.69) is 62.0 Å². The number of hydrogen-bond acceptors (Lipinski definition) is 12. The van der Waals surface area contributed by atoms with Gasteiger partial charge in [-0.2, -0.15) is 0 Å². The molecule has 2 aliphatic carbocycles. The van der Waals surface area contributed by atoms with Crippen LogP contribution in [-0.4, -0.2) is 63.5 Å². The molecule has 8 aromatic carbocycles. The molecule has 14 rings (SSSR count). The molecule has 2 unspecified atom stereocenters. The number of aryl methyl sites for hydroxylation is 2. The second-order valence-corrected chi connectivity index (χ2v) is 25.7. The Morgan fingerprint density at radius 3 is 1.22 bits per heavy atom. The molecule has 470 valence electrons. The molecule has 6 aliphatic rings. The molecule has 0 bridgehead atoms. The van der Waals surface area contributed by atoms with Crippen molar-refractivity contribution in [1.29, 1.82) is 0 Å². The van der Waals surface area contributed by atoms with Gasteiger partial charge in [0.1, 0.15) is 23.0 Å². The van der Waals surface area contributed by atoms with Crippen molar-refractivity contribution < 1.29 is 47.6 Å². The molecule has 4 heterocycles. The zero-order chi connectivity index (χ0) is 63.8. The van der Waals surface area contributed by atoms with E-state index in [9.17, 15) is 19.2 Å². The molecule has 0 saturated heterocycles. The van der Waals surface area contributed by atoms with Crippen LogP contribution in [0.25, 0.3) is 0 Å². The molecule has 0 radical (unpaired) electrons. The standard InChI is InChI=1S/C78H78N4O10/c1-9-76(6,50-30-34-54(35-31-50)81(74(85)87-10-2)66-46-64-68(42-48(66)4)89-70-44-56(79(7)52-22-14-12-15-23-52)38-40-62(70)77(64)60-28-20-18-26-58(60)72(83)91-77)51-32-36-55(37-33-51)82(75(86)88-11-3)67-47-65-69(43-49(67)5)90-71-45-57(80(8)53-24-16-13-17-25-53)39-41-63(71)78(65)61-29-21-19-27-59(61)73(84)92-78/h18-21,26-47,52-53H,9-17,22-25H2,1-8H3. The third kappa shape index (κ3) is 9.64. The van der Waals surface area contributed by atoms with Crippen molar-refractivity contribution in [1.82, 2.24) is 0 Å². The van der Waals surface area contributed by atoms with Gasteiger partial charge in [-0.15, -0.1) is 0 Å². The van der Waals surface area contributed by atoms with Gasteiger partial charge in [0.05, 0.1) is 47.1 Å². The summed E-state index contributed by atoms with van der Waals surface area (Å²) < 4.78 is 38.8. The van der Waals surface area contributed by atoms with Gasteiger partial charge in [0.2, 0.25) is 0 Å². The number of carbonyl (C=O) groups excluding carboxylic acids is 4. The van der Waals surface area contributed by atoms with Crippen molar-refractivity contribution in [2.75, 3.05) is 46.9 Å². The van der Waals surface area contributed by atoms with E-state index in [0.29, 0.717) is 109 Å². The van der Waals surface area contributed by atoms with Crippen molar-refractivity contribution in [3.05, 3.63) is 224 Å². The van der Waals surface area contributed by atoms with Crippen molar-refractivity contribution in [2.45, 2.75) is 141 Å². The molecule has 92 heavy (non-hydrogen) atoms. The lowest BCUT2D eigenvalue weighted by atomic mass is 9.74. The normalized spacial score (nSPS) is 19.1. The third-order valence-corrected chi connectivity index (χ3v) is 20.7. The van der Waals surface area contributed by atoms with Gasteiger partial charge >= 0.3 is 24.1 Å². The summed E-state index contributed by atoms with van der Waals surface area (Å²) in [5, 5.41) is 0. The average Bonchev–Trinajstić information content (AvgIpc) is 1.41. The lowest BCUT2D eigenvalue weighted by Crippen LogP contribution is -2.35. The topological polar surface area (TPSA) is 137 Å². The van der Waals surface area contributed by atoms with Crippen LogP contribution in [0.4, 0.5) is 43.7 Å². The summed E-state index contributed by atoms with van der Waals surface area (Å²) >= 11 is 0. The summed E-state index contributed by atoms with van der Waals surface area (Å²) in [6, 6.07) is 51.9. The maximum atomic E-state index is 14.6. The van der Waals surface area contributed by atoms with Crippen LogP contribution < -0.4 is 29.1 Å². The van der Waals surface area contributed by atoms with Gasteiger partial charge in [0.25, 0.3) is 0 Å². The minimum absolute atomic E-state index is 0.136. The quantitative estimate of drug-likeness (QED) is 0.0803. The first kappa shape index (κ1) is 60.0. The van der Waals surface area contributed by atoms with Crippen LogP contribution in [-0.2, 0) is 35.6 Å². The molecule has 0 aromatic heterocycles. The maximum absolute atomic E-state index is 14.6. The maximum Gasteiger partial charge on any atom is 0.418 e. The Kier molecular flexibility index (Phi) is 15.4. The van der Waals surface area contributed by atoms with Crippen LogP contribution in [0, 0.1) is 13.8 Å². The van der Waals surface area contributed by atoms with Gasteiger partial charge in [-0.3, -0.25) is 0 Å². The lowest BCUT2D eigenvalue weighted by Gasteiger charge is -2.39. The zero-order valence-corrected chi connectivity index (χ0v) is 53.7. The Labute approximate surface area is 538 Å². The Morgan fingerprint density at radius 1 is 0.467 bits per heavy atom. The number of esters is 2. The van der Waals surface area contributed by atoms with Crippen molar-refractivity contribution in [3.8, 4) is 23.0 Å². The van der Waals surface area contributed by atoms with Gasteiger partial charge in [0, 0.05) is 88.5 Å². The SMILES string of the molecule is CCOC(=O)N(c1ccc(C(C)(CC)c2ccc(N(C(=O)OCC)c3cc4c(cc3C)Oc3cc(N(C)C5CCCCC5)ccc3C43OC(=O)c4ccccc43)cc2)cc1)c1cc2c(cc1C)Oc1cc(N(C)C3CCCCC3)ccc1C21OC(=O)c2ccccc21. The predicted molar refractivity (Wildman–Crippen MR) is 357 cm³/mol. The molecule has 0 N–H and O–H groups in total. The van der Waals surface area contributed by atoms with Crippen molar-refractivity contribution in [2.24, 2.45) is 0 Å². The van der Waals surface area contributed by atoms with Crippen molar-refractivity contribution >= 4 is 58.2 Å². The summed E-state index contributed by atoms with van der Waals surface area (Å²) in [4.78, 5) is 65.1. The first-order valence-corrected chi connectivity index (χ1v) is 32.8. The summed E-state index contributed by atoms with van der Waals surface area (Å²) in [5.74, 6) is 1.38. The molecule has 2 atom stereocenters. The smallest absolute Gasteiger partial charge is 0.418 e. The number of amides is 2. The number of fused-ring (bicyclic) bond motifs is 12. The second kappa shape index (κ2) is 23.6. The van der Waals surface area contributed by atoms with E-state index >= 15 is 0 Å². The van der Waals surface area contributed by atoms with Crippen LogP contribution in [0.5, 0.6) is 23.0 Å². The molecule has 8 aromatic rings. The number of carbonyl (C=O) groups is 4. The van der Waals surface area contributed by atoms with Gasteiger partial charge < -0.3 is 38.2 Å². The average molecular weight is 1230 g/mol. The van der Waals surface area contributed by atoms with Gasteiger partial charge in [-0.05, 0) is 167 Å². The molecular formula is C78H78N4O10. The number of benzene rings is 8. The molecule has 14 nitrogen and oxygen atoms in total. The molecule has 2 fully saturated rings. The highest BCUT2D eigenvalue weighted by molar-refractivity contribution is 6.01. The Morgan fingerprint density at radius 2 is 0.837 bits per heavy atom. The molecular weight excluding hydrogens is 1150 g/mol. The summed E-state index contributed by atoms with van der Waals surface area (Å²) in [6.45, 7) is 12.1. The highest BCUT2D eigenvalue weighted by atomic mass is 16.6. The molecule has 2 spiro atoms. The van der Waals surface area contributed by atoms with E-state index in [1.165, 1.54) is 38.5 Å². The van der Waals surface area contributed by atoms with Crippen LogP contribution in [0.3, 0.4) is 0 Å². The zero-order valence-electron chi connectivity index (χ0n) is 53.7.